The van der Waals surface area contributed by atoms with E-state index in [0.717, 1.165) is 10.0 Å². The van der Waals surface area contributed by atoms with Crippen LogP contribution in [0.4, 0.5) is 0 Å². The second-order valence-corrected chi connectivity index (χ2v) is 5.76. The first-order valence-electron chi connectivity index (χ1n) is 6.27. The van der Waals surface area contributed by atoms with Crippen LogP contribution in [0.3, 0.4) is 0 Å². The first-order valence-corrected chi connectivity index (χ1v) is 7.44. The van der Waals surface area contributed by atoms with Crippen molar-refractivity contribution in [2.75, 3.05) is 13.7 Å². The van der Waals surface area contributed by atoms with Crippen LogP contribution < -0.4 is 9.47 Å². The second-order valence-electron chi connectivity index (χ2n) is 4.47. The molecule has 0 radical (unpaired) electrons. The van der Waals surface area contributed by atoms with Gasteiger partial charge in [-0.1, -0.05) is 11.6 Å². The number of rotatable bonds is 5. The lowest BCUT2D eigenvalue weighted by Gasteiger charge is -2.09. The summed E-state index contributed by atoms with van der Waals surface area (Å²) >= 11 is 9.24. The van der Waals surface area contributed by atoms with Crippen molar-refractivity contribution in [3.63, 3.8) is 0 Å². The monoisotopic (exact) mass is 368 g/mol. The maximum Gasteiger partial charge on any atom is 0.200 e. The molecule has 0 bridgehead atoms. The number of benzene rings is 2. The first kappa shape index (κ1) is 15.9. The van der Waals surface area contributed by atoms with Gasteiger partial charge in [0.15, 0.2) is 12.4 Å². The number of methoxy groups -OCH3 is 1. The van der Waals surface area contributed by atoms with E-state index < -0.39 is 0 Å². The first-order chi connectivity index (χ1) is 10.0. The Balaban J connectivity index is 2.06. The lowest BCUT2D eigenvalue weighted by molar-refractivity contribution is 0.0921. The molecule has 2 aromatic rings. The summed E-state index contributed by atoms with van der Waals surface area (Å²) in [6.07, 6.45) is 0. The number of carbonyl (C=O) groups excluding carboxylic acids is 1. The fraction of sp³-hybridized carbons (Fsp3) is 0.188. The van der Waals surface area contributed by atoms with Gasteiger partial charge in [0.2, 0.25) is 0 Å². The quantitative estimate of drug-likeness (QED) is 0.718. The van der Waals surface area contributed by atoms with Crippen LogP contribution in [0.1, 0.15) is 15.9 Å². The van der Waals surface area contributed by atoms with Crippen LogP contribution in [0.5, 0.6) is 11.5 Å². The number of carbonyl (C=O) groups is 1. The average molecular weight is 370 g/mol. The van der Waals surface area contributed by atoms with Crippen molar-refractivity contribution in [1.29, 1.82) is 0 Å². The summed E-state index contributed by atoms with van der Waals surface area (Å²) in [6.45, 7) is 1.86. The molecule has 2 rings (SSSR count). The van der Waals surface area contributed by atoms with Gasteiger partial charge in [-0.15, -0.1) is 0 Å². The summed E-state index contributed by atoms with van der Waals surface area (Å²) in [7, 11) is 1.58. The molecule has 0 spiro atoms. The Kier molecular flexibility index (Phi) is 5.26. The topological polar surface area (TPSA) is 35.5 Å². The number of hydrogen-bond acceptors (Lipinski definition) is 3. The third-order valence-electron chi connectivity index (χ3n) is 2.97. The minimum Gasteiger partial charge on any atom is -0.496 e. The van der Waals surface area contributed by atoms with Gasteiger partial charge in [0.05, 0.1) is 11.6 Å². The minimum atomic E-state index is -0.104. The predicted octanol–water partition coefficient (Wildman–Crippen LogP) is 4.68. The molecular weight excluding hydrogens is 356 g/mol. The molecule has 0 aliphatic carbocycles. The van der Waals surface area contributed by atoms with Crippen LogP contribution >= 0.6 is 27.5 Å². The van der Waals surface area contributed by atoms with E-state index >= 15 is 0 Å². The second kappa shape index (κ2) is 6.96. The van der Waals surface area contributed by atoms with Gasteiger partial charge < -0.3 is 9.47 Å². The molecule has 0 heterocycles. The van der Waals surface area contributed by atoms with E-state index in [-0.39, 0.29) is 12.4 Å². The van der Waals surface area contributed by atoms with Crippen LogP contribution in [0.15, 0.2) is 40.9 Å². The summed E-state index contributed by atoms with van der Waals surface area (Å²) in [6, 6.07) is 10.5. The van der Waals surface area contributed by atoms with Crippen molar-refractivity contribution in [2.24, 2.45) is 0 Å². The van der Waals surface area contributed by atoms with Gasteiger partial charge in [-0.3, -0.25) is 4.79 Å². The van der Waals surface area contributed by atoms with Crippen molar-refractivity contribution in [2.45, 2.75) is 6.92 Å². The Morgan fingerprint density at radius 2 is 1.90 bits per heavy atom. The summed E-state index contributed by atoms with van der Waals surface area (Å²) < 4.78 is 11.4. The van der Waals surface area contributed by atoms with Gasteiger partial charge in [-0.2, -0.15) is 0 Å². The van der Waals surface area contributed by atoms with Crippen LogP contribution in [-0.4, -0.2) is 19.5 Å². The molecule has 0 aliphatic heterocycles. The lowest BCUT2D eigenvalue weighted by Crippen LogP contribution is -2.12. The third kappa shape index (κ3) is 3.99. The summed E-state index contributed by atoms with van der Waals surface area (Å²) in [5, 5.41) is 0.644. The number of aryl methyl sites for hydroxylation is 1. The number of Topliss-reactive ketones (excluding diaryl/α,β-unsaturated/α-hetero) is 1. The Morgan fingerprint density at radius 3 is 2.52 bits per heavy atom. The van der Waals surface area contributed by atoms with Crippen LogP contribution in [0.25, 0.3) is 0 Å². The molecule has 0 atom stereocenters. The predicted molar refractivity (Wildman–Crippen MR) is 86.7 cm³/mol. The number of ether oxygens (including phenoxy) is 2. The highest BCUT2D eigenvalue weighted by Crippen LogP contribution is 2.26. The molecule has 2 aromatic carbocycles. The van der Waals surface area contributed by atoms with Gasteiger partial charge >= 0.3 is 0 Å². The summed E-state index contributed by atoms with van der Waals surface area (Å²) in [5.41, 5.74) is 1.46. The number of halogens is 2. The highest BCUT2D eigenvalue weighted by molar-refractivity contribution is 9.10. The van der Waals surface area contributed by atoms with E-state index in [1.807, 2.05) is 6.92 Å². The average Bonchev–Trinajstić information content (AvgIpc) is 2.46. The van der Waals surface area contributed by atoms with Gasteiger partial charge in [-0.05, 0) is 64.8 Å². The summed E-state index contributed by atoms with van der Waals surface area (Å²) in [5.74, 6) is 1.23. The zero-order chi connectivity index (χ0) is 15.4. The van der Waals surface area contributed by atoms with Gasteiger partial charge in [0.25, 0.3) is 0 Å². The van der Waals surface area contributed by atoms with Crippen LogP contribution in [-0.2, 0) is 0 Å². The van der Waals surface area contributed by atoms with Crippen molar-refractivity contribution in [3.05, 3.63) is 57.0 Å². The molecule has 21 heavy (non-hydrogen) atoms. The molecule has 0 N–H and O–H groups in total. The van der Waals surface area contributed by atoms with Gasteiger partial charge in [-0.25, -0.2) is 0 Å². The molecule has 0 aromatic heterocycles. The fourth-order valence-corrected chi connectivity index (χ4v) is 2.61. The summed E-state index contributed by atoms with van der Waals surface area (Å²) in [4.78, 5) is 12.1. The van der Waals surface area contributed by atoms with Gasteiger partial charge in [0, 0.05) is 10.6 Å². The Hall–Kier alpha value is -1.52. The largest absolute Gasteiger partial charge is 0.496 e. The number of hydrogen-bond donors (Lipinski definition) is 0. The fourth-order valence-electron chi connectivity index (χ4n) is 1.84. The smallest absolute Gasteiger partial charge is 0.200 e. The van der Waals surface area contributed by atoms with Crippen molar-refractivity contribution >= 4 is 33.3 Å². The molecule has 0 saturated heterocycles. The minimum absolute atomic E-state index is 0.0265. The molecule has 0 unspecified atom stereocenters. The molecule has 0 saturated carbocycles. The van der Waals surface area contributed by atoms with E-state index in [4.69, 9.17) is 21.1 Å². The Morgan fingerprint density at radius 1 is 1.19 bits per heavy atom. The van der Waals surface area contributed by atoms with E-state index in [0.29, 0.717) is 22.1 Å². The zero-order valence-corrected chi connectivity index (χ0v) is 14.0. The van der Waals surface area contributed by atoms with Crippen molar-refractivity contribution < 1.29 is 14.3 Å². The molecule has 5 heteroatoms. The maximum atomic E-state index is 12.1. The maximum absolute atomic E-state index is 12.1. The number of ketones is 1. The Bertz CT molecular complexity index is 671. The van der Waals surface area contributed by atoms with E-state index in [1.165, 1.54) is 0 Å². The van der Waals surface area contributed by atoms with Gasteiger partial charge in [0.1, 0.15) is 11.5 Å². The molecule has 0 amide bonds. The normalized spacial score (nSPS) is 10.3. The van der Waals surface area contributed by atoms with Crippen LogP contribution in [0.2, 0.25) is 5.02 Å². The lowest BCUT2D eigenvalue weighted by atomic mass is 10.1. The SMILES string of the molecule is COc1ccc(C(=O)COc2ccc(Cl)cc2C)cc1Br. The third-order valence-corrected chi connectivity index (χ3v) is 3.82. The zero-order valence-electron chi connectivity index (χ0n) is 11.7. The Labute approximate surface area is 137 Å². The molecule has 3 nitrogen and oxygen atoms in total. The van der Waals surface area contributed by atoms with E-state index in [9.17, 15) is 4.79 Å². The highest BCUT2D eigenvalue weighted by atomic mass is 79.9. The molecule has 0 fully saturated rings. The van der Waals surface area contributed by atoms with Crippen molar-refractivity contribution in [1.82, 2.24) is 0 Å². The van der Waals surface area contributed by atoms with E-state index in [2.05, 4.69) is 15.9 Å². The van der Waals surface area contributed by atoms with Crippen molar-refractivity contribution in [3.8, 4) is 11.5 Å². The molecule has 110 valence electrons. The standard InChI is InChI=1S/C16H14BrClO3/c1-10-7-12(18)4-6-15(10)21-9-14(19)11-3-5-16(20-2)13(17)8-11/h3-8H,9H2,1-2H3. The van der Waals surface area contributed by atoms with Crippen LogP contribution in [0, 0.1) is 6.92 Å². The highest BCUT2D eigenvalue weighted by Gasteiger charge is 2.10. The van der Waals surface area contributed by atoms with E-state index in [1.54, 1.807) is 43.5 Å². The molecular formula is C16H14BrClO3. The molecule has 0 aliphatic rings.